The third-order valence-electron chi connectivity index (χ3n) is 0.459. The van der Waals surface area contributed by atoms with Crippen LogP contribution < -0.4 is 0 Å². The molecule has 2 heteroatoms. The Balaban J connectivity index is 3.50. The lowest BCUT2D eigenvalue weighted by molar-refractivity contribution is 1.88. The molecule has 0 rings (SSSR count). The third-order valence-corrected chi connectivity index (χ3v) is 3.52. The average Bonchev–Trinajstić information content (AvgIpc) is 1.59. The van der Waals surface area contributed by atoms with Crippen molar-refractivity contribution in [2.75, 3.05) is 0 Å². The van der Waals surface area contributed by atoms with E-state index in [1.807, 2.05) is 18.1 Å². The second kappa shape index (κ2) is 3.21. The van der Waals surface area contributed by atoms with E-state index in [-0.39, 0.29) is 0 Å². The van der Waals surface area contributed by atoms with Crippen LogP contribution in [-0.2, 0) is 0 Å². The fourth-order valence-corrected chi connectivity index (χ4v) is 1.84. The first-order chi connectivity index (χ1) is 3.56. The predicted octanol–water partition coefficient (Wildman–Crippen LogP) is 2.54. The van der Waals surface area contributed by atoms with E-state index in [1.54, 1.807) is 0 Å². The molecule has 46 valence electrons. The first-order valence-electron chi connectivity index (χ1n) is 2.66. The molecule has 0 aliphatic rings. The van der Waals surface area contributed by atoms with Crippen LogP contribution in [0.2, 0.25) is 19.6 Å². The average molecular weight is 144 g/mol. The van der Waals surface area contributed by atoms with Crippen molar-refractivity contribution < 1.29 is 0 Å². The van der Waals surface area contributed by atoms with E-state index in [9.17, 15) is 0 Å². The molecule has 0 aromatic heterocycles. The molecule has 0 saturated carbocycles. The maximum atomic E-state index is 3.02. The summed E-state index contributed by atoms with van der Waals surface area (Å²) in [7, 11) is -0.935. The van der Waals surface area contributed by atoms with Crippen LogP contribution in [0.4, 0.5) is 0 Å². The fourth-order valence-electron chi connectivity index (χ4n) is 0.204. The van der Waals surface area contributed by atoms with Gasteiger partial charge < -0.3 is 0 Å². The van der Waals surface area contributed by atoms with Crippen molar-refractivity contribution in [3.63, 3.8) is 0 Å². The van der Waals surface area contributed by atoms with Gasteiger partial charge >= 0.3 is 0 Å². The second-order valence-electron chi connectivity index (χ2n) is 2.57. The van der Waals surface area contributed by atoms with Gasteiger partial charge in [0.15, 0.2) is 0 Å². The highest BCUT2D eigenvalue weighted by molar-refractivity contribution is 8.32. The number of hydrogen-bond acceptors (Lipinski definition) is 1. The highest BCUT2D eigenvalue weighted by atomic mass is 32.4. The lowest BCUT2D eigenvalue weighted by atomic mass is 10.9. The Morgan fingerprint density at radius 1 is 1.25 bits per heavy atom. The van der Waals surface area contributed by atoms with Crippen molar-refractivity contribution in [2.24, 2.45) is 0 Å². The minimum absolute atomic E-state index is 0.935. The summed E-state index contributed by atoms with van der Waals surface area (Å²) in [5.74, 6) is 2.87. The summed E-state index contributed by atoms with van der Waals surface area (Å²) in [5, 5.41) is 3.02. The summed E-state index contributed by atoms with van der Waals surface area (Å²) >= 11 is 1.81. The molecule has 0 heterocycles. The summed E-state index contributed by atoms with van der Waals surface area (Å²) < 4.78 is 0. The SMILES string of the molecule is CC#CS[Si](C)(C)C. The van der Waals surface area contributed by atoms with E-state index in [4.69, 9.17) is 0 Å². The molecular weight excluding hydrogens is 132 g/mol. The van der Waals surface area contributed by atoms with E-state index >= 15 is 0 Å². The van der Waals surface area contributed by atoms with Crippen molar-refractivity contribution in [1.29, 1.82) is 0 Å². The minimum Gasteiger partial charge on any atom is -0.103 e. The Kier molecular flexibility index (Phi) is 3.26. The molecule has 0 fully saturated rings. The number of rotatable bonds is 1. The normalized spacial score (nSPS) is 10.0. The Labute approximate surface area is 56.7 Å². The molecule has 0 N–H and O–H groups in total. The van der Waals surface area contributed by atoms with Crippen molar-refractivity contribution in [2.45, 2.75) is 26.6 Å². The molecule has 0 nitrogen and oxygen atoms in total. The largest absolute Gasteiger partial charge is 0.124 e. The van der Waals surface area contributed by atoms with Crippen LogP contribution in [0, 0.1) is 11.2 Å². The first kappa shape index (κ1) is 8.13. The van der Waals surface area contributed by atoms with Crippen molar-refractivity contribution in [1.82, 2.24) is 0 Å². The molecule has 0 spiro atoms. The van der Waals surface area contributed by atoms with Crippen LogP contribution in [0.15, 0.2) is 0 Å². The Hall–Kier alpha value is 0.127. The number of hydrogen-bond donors (Lipinski definition) is 0. The maximum absolute atomic E-state index is 3.02. The van der Waals surface area contributed by atoms with E-state index in [1.165, 1.54) is 0 Å². The first-order valence-corrected chi connectivity index (χ1v) is 7.70. The molecule has 0 aliphatic heterocycles. The van der Waals surface area contributed by atoms with Crippen LogP contribution in [0.25, 0.3) is 0 Å². The molecule has 0 saturated heterocycles. The molecule has 0 amide bonds. The highest BCUT2D eigenvalue weighted by Crippen LogP contribution is 2.16. The zero-order valence-electron chi connectivity index (χ0n) is 5.91. The minimum atomic E-state index is -0.935. The summed E-state index contributed by atoms with van der Waals surface area (Å²) in [6.45, 7) is 8.76. The van der Waals surface area contributed by atoms with Crippen molar-refractivity contribution in [3.05, 3.63) is 0 Å². The fraction of sp³-hybridized carbons (Fsp3) is 0.667. The quantitative estimate of drug-likeness (QED) is 0.402. The highest BCUT2D eigenvalue weighted by Gasteiger charge is 2.11. The smallest absolute Gasteiger partial charge is 0.103 e. The lowest BCUT2D eigenvalue weighted by Gasteiger charge is -2.07. The Bertz CT molecular complexity index is 113. The van der Waals surface area contributed by atoms with Gasteiger partial charge in [-0.1, -0.05) is 25.6 Å². The van der Waals surface area contributed by atoms with Crippen molar-refractivity contribution >= 4 is 18.4 Å². The van der Waals surface area contributed by atoms with Crippen LogP contribution in [0.3, 0.4) is 0 Å². The molecule has 0 atom stereocenters. The summed E-state index contributed by atoms with van der Waals surface area (Å²) in [5.41, 5.74) is 0. The summed E-state index contributed by atoms with van der Waals surface area (Å²) in [6, 6.07) is 0. The van der Waals surface area contributed by atoms with Gasteiger partial charge in [0.1, 0.15) is 7.22 Å². The molecule has 0 radical (unpaired) electrons. The molecule has 0 aliphatic carbocycles. The van der Waals surface area contributed by atoms with Crippen LogP contribution in [0.5, 0.6) is 0 Å². The van der Waals surface area contributed by atoms with Crippen LogP contribution in [-0.4, -0.2) is 7.22 Å². The zero-order valence-corrected chi connectivity index (χ0v) is 7.72. The Morgan fingerprint density at radius 3 is 1.88 bits per heavy atom. The third kappa shape index (κ3) is 6.13. The van der Waals surface area contributed by atoms with Gasteiger partial charge in [-0.25, -0.2) is 0 Å². The van der Waals surface area contributed by atoms with E-state index in [0.717, 1.165) is 0 Å². The van der Waals surface area contributed by atoms with Gasteiger partial charge in [0.2, 0.25) is 0 Å². The molecular formula is C6H12SSi. The lowest BCUT2D eigenvalue weighted by Crippen LogP contribution is -2.11. The van der Waals surface area contributed by atoms with Gasteiger partial charge in [0.25, 0.3) is 0 Å². The molecule has 0 aromatic carbocycles. The molecule has 0 unspecified atom stereocenters. The van der Waals surface area contributed by atoms with Gasteiger partial charge in [-0.15, -0.1) is 11.2 Å². The van der Waals surface area contributed by atoms with Crippen LogP contribution >= 0.6 is 11.2 Å². The maximum Gasteiger partial charge on any atom is 0.124 e. The van der Waals surface area contributed by atoms with Gasteiger partial charge in [-0.3, -0.25) is 0 Å². The van der Waals surface area contributed by atoms with Gasteiger partial charge in [-0.2, -0.15) is 0 Å². The summed E-state index contributed by atoms with van der Waals surface area (Å²) in [4.78, 5) is 0. The van der Waals surface area contributed by atoms with Crippen molar-refractivity contribution in [3.8, 4) is 11.2 Å². The predicted molar refractivity (Wildman–Crippen MR) is 44.4 cm³/mol. The Morgan fingerprint density at radius 2 is 1.75 bits per heavy atom. The van der Waals surface area contributed by atoms with E-state index in [0.29, 0.717) is 0 Å². The monoisotopic (exact) mass is 144 g/mol. The zero-order chi connectivity index (χ0) is 6.62. The van der Waals surface area contributed by atoms with Gasteiger partial charge in [-0.05, 0) is 12.2 Å². The molecule has 0 bridgehead atoms. The van der Waals surface area contributed by atoms with E-state index < -0.39 is 7.22 Å². The summed E-state index contributed by atoms with van der Waals surface area (Å²) in [6.07, 6.45) is 0. The molecule has 8 heavy (non-hydrogen) atoms. The second-order valence-corrected chi connectivity index (χ2v) is 11.5. The van der Waals surface area contributed by atoms with Gasteiger partial charge in [0, 0.05) is 0 Å². The molecule has 0 aromatic rings. The van der Waals surface area contributed by atoms with Crippen LogP contribution in [0.1, 0.15) is 6.92 Å². The standard InChI is InChI=1S/C6H12SSi/c1-5-6-7-8(2,3)4/h1-4H3. The topological polar surface area (TPSA) is 0 Å². The van der Waals surface area contributed by atoms with E-state index in [2.05, 4.69) is 30.8 Å². The van der Waals surface area contributed by atoms with Gasteiger partial charge in [0.05, 0.1) is 0 Å².